The second-order valence-corrected chi connectivity index (χ2v) is 8.92. The number of nitrogens with one attached hydrogen (secondary N) is 1. The molecule has 1 N–H and O–H groups in total. The molecule has 3 aromatic rings. The van der Waals surface area contributed by atoms with E-state index in [0.29, 0.717) is 23.2 Å². The minimum absolute atomic E-state index is 0.383. The third kappa shape index (κ3) is 4.88. The topological polar surface area (TPSA) is 57.2 Å². The van der Waals surface area contributed by atoms with Crippen molar-refractivity contribution in [2.45, 2.75) is 45.5 Å². The van der Waals surface area contributed by atoms with Crippen LogP contribution in [0.2, 0.25) is 0 Å². The van der Waals surface area contributed by atoms with E-state index in [4.69, 9.17) is 4.98 Å². The lowest BCUT2D eigenvalue weighted by molar-refractivity contribution is -0.137. The van der Waals surface area contributed by atoms with Gasteiger partial charge in [-0.2, -0.15) is 13.2 Å². The number of rotatable bonds is 5. The van der Waals surface area contributed by atoms with Gasteiger partial charge in [0.05, 0.1) is 16.8 Å². The van der Waals surface area contributed by atoms with Crippen LogP contribution in [0.5, 0.6) is 0 Å². The maximum absolute atomic E-state index is 13.2. The van der Waals surface area contributed by atoms with Crippen LogP contribution >= 0.6 is 0 Å². The van der Waals surface area contributed by atoms with Gasteiger partial charge in [0, 0.05) is 30.6 Å². The predicted molar refractivity (Wildman–Crippen MR) is 125 cm³/mol. The molecule has 6 nitrogen and oxygen atoms in total. The summed E-state index contributed by atoms with van der Waals surface area (Å²) in [6, 6.07) is 7.45. The Balaban J connectivity index is 1.69. The number of nitrogens with zero attached hydrogens (tertiary/aromatic N) is 5. The minimum Gasteiger partial charge on any atom is -0.363 e. The molecule has 1 aromatic carbocycles. The number of fused-ring (bicyclic) bond motifs is 1. The summed E-state index contributed by atoms with van der Waals surface area (Å²) < 4.78 is 39.5. The summed E-state index contributed by atoms with van der Waals surface area (Å²) in [6.07, 6.45) is -3.32. The Morgan fingerprint density at radius 2 is 1.88 bits per heavy atom. The van der Waals surface area contributed by atoms with Crippen LogP contribution in [0.25, 0.3) is 10.9 Å². The van der Waals surface area contributed by atoms with E-state index >= 15 is 0 Å². The van der Waals surface area contributed by atoms with Gasteiger partial charge in [-0.25, -0.2) is 15.0 Å². The van der Waals surface area contributed by atoms with Gasteiger partial charge in [-0.05, 0) is 65.0 Å². The van der Waals surface area contributed by atoms with Crippen molar-refractivity contribution in [3.63, 3.8) is 0 Å². The molecule has 9 heteroatoms. The fourth-order valence-electron chi connectivity index (χ4n) is 4.30. The second kappa shape index (κ2) is 8.78. The van der Waals surface area contributed by atoms with Gasteiger partial charge in [-0.3, -0.25) is 0 Å². The number of aryl methyl sites for hydroxylation is 2. The molecule has 0 radical (unpaired) electrons. The minimum atomic E-state index is -4.38. The molecule has 0 amide bonds. The third-order valence-electron chi connectivity index (χ3n) is 6.24. The van der Waals surface area contributed by atoms with Crippen molar-refractivity contribution in [2.24, 2.45) is 0 Å². The largest absolute Gasteiger partial charge is 0.416 e. The summed E-state index contributed by atoms with van der Waals surface area (Å²) in [5.74, 6) is 2.04. The first kappa shape index (κ1) is 23.2. The summed E-state index contributed by atoms with van der Waals surface area (Å²) >= 11 is 0. The molecular weight excluding hydrogens is 429 g/mol. The monoisotopic (exact) mass is 458 g/mol. The lowest BCUT2D eigenvalue weighted by Gasteiger charge is -2.22. The molecule has 2 aromatic heterocycles. The highest BCUT2D eigenvalue weighted by Crippen LogP contribution is 2.33. The molecule has 3 heterocycles. The first-order chi connectivity index (χ1) is 15.5. The van der Waals surface area contributed by atoms with E-state index in [1.54, 1.807) is 13.0 Å². The van der Waals surface area contributed by atoms with E-state index in [-0.39, 0.29) is 6.04 Å². The molecule has 0 bridgehead atoms. The van der Waals surface area contributed by atoms with Crippen molar-refractivity contribution in [1.29, 1.82) is 0 Å². The van der Waals surface area contributed by atoms with Crippen molar-refractivity contribution in [2.75, 3.05) is 37.4 Å². The normalized spacial score (nSPS) is 17.7. The number of halogens is 3. The molecule has 33 heavy (non-hydrogen) atoms. The Kier molecular flexibility index (Phi) is 6.18. The molecule has 1 saturated heterocycles. The average Bonchev–Trinajstić information content (AvgIpc) is 3.24. The molecule has 1 aliphatic heterocycles. The Labute approximate surface area is 191 Å². The Bertz CT molecular complexity index is 1160. The van der Waals surface area contributed by atoms with E-state index in [0.717, 1.165) is 48.0 Å². The lowest BCUT2D eigenvalue weighted by Crippen LogP contribution is -2.31. The van der Waals surface area contributed by atoms with Crippen LogP contribution in [0, 0.1) is 13.8 Å². The molecule has 176 valence electrons. The van der Waals surface area contributed by atoms with Crippen molar-refractivity contribution < 1.29 is 13.2 Å². The van der Waals surface area contributed by atoms with Crippen LogP contribution in [-0.4, -0.2) is 53.1 Å². The van der Waals surface area contributed by atoms with Gasteiger partial charge in [0.2, 0.25) is 0 Å². The smallest absolute Gasteiger partial charge is 0.363 e. The van der Waals surface area contributed by atoms with Crippen molar-refractivity contribution in [3.8, 4) is 0 Å². The number of aromatic nitrogens is 3. The number of pyridine rings is 1. The Morgan fingerprint density at radius 3 is 2.55 bits per heavy atom. The first-order valence-corrected chi connectivity index (χ1v) is 11.0. The molecule has 1 aliphatic rings. The fourth-order valence-corrected chi connectivity index (χ4v) is 4.30. The summed E-state index contributed by atoms with van der Waals surface area (Å²) in [4.78, 5) is 18.5. The number of benzene rings is 1. The molecule has 0 spiro atoms. The molecule has 1 fully saturated rings. The first-order valence-electron chi connectivity index (χ1n) is 11.0. The van der Waals surface area contributed by atoms with Crippen LogP contribution in [0.4, 0.5) is 24.8 Å². The van der Waals surface area contributed by atoms with Crippen molar-refractivity contribution in [1.82, 2.24) is 19.9 Å². The standard InChI is InChI=1S/C24H29F3N6/c1-14(17-7-6-8-18(11-17)24(25,26)27)29-23-20-12-21(33-10-9-19(13-33)32(4)5)28-15(2)22(20)30-16(3)31-23/h6-8,11-12,14,19H,9-10,13H2,1-5H3,(H,29,30,31)/t14-,19-/m1/s1. The van der Waals surface area contributed by atoms with Gasteiger partial charge >= 0.3 is 6.18 Å². The van der Waals surface area contributed by atoms with E-state index in [1.165, 1.54) is 12.1 Å². The van der Waals surface area contributed by atoms with Crippen LogP contribution in [0.1, 0.15) is 42.0 Å². The third-order valence-corrected chi connectivity index (χ3v) is 6.24. The van der Waals surface area contributed by atoms with Gasteiger partial charge < -0.3 is 15.1 Å². The highest BCUT2D eigenvalue weighted by Gasteiger charge is 2.31. The maximum Gasteiger partial charge on any atom is 0.416 e. The predicted octanol–water partition coefficient (Wildman–Crippen LogP) is 4.97. The van der Waals surface area contributed by atoms with Crippen LogP contribution < -0.4 is 10.2 Å². The molecule has 0 unspecified atom stereocenters. The number of likely N-dealkylation sites (N-methyl/N-ethyl adjacent to an activating group) is 1. The number of hydrogen-bond donors (Lipinski definition) is 1. The Hall–Kier alpha value is -2.94. The summed E-state index contributed by atoms with van der Waals surface area (Å²) in [5.41, 5.74) is 1.42. The van der Waals surface area contributed by atoms with Gasteiger partial charge in [0.15, 0.2) is 0 Å². The molecule has 0 saturated carbocycles. The Morgan fingerprint density at radius 1 is 1.12 bits per heavy atom. The molecular formula is C24H29F3N6. The number of hydrogen-bond acceptors (Lipinski definition) is 6. The fraction of sp³-hybridized carbons (Fsp3) is 0.458. The SMILES string of the molecule is Cc1nc(N[C@H](C)c2cccc(C(F)(F)F)c2)c2cc(N3CC[C@@H](N(C)C)C3)nc(C)c2n1. The summed E-state index contributed by atoms with van der Waals surface area (Å²) in [5, 5.41) is 4.13. The van der Waals surface area contributed by atoms with Crippen molar-refractivity contribution in [3.05, 3.63) is 53.0 Å². The van der Waals surface area contributed by atoms with E-state index < -0.39 is 11.7 Å². The van der Waals surface area contributed by atoms with E-state index in [1.807, 2.05) is 19.9 Å². The molecule has 2 atom stereocenters. The lowest BCUT2D eigenvalue weighted by atomic mass is 10.0. The summed E-state index contributed by atoms with van der Waals surface area (Å²) in [7, 11) is 4.17. The van der Waals surface area contributed by atoms with Crippen LogP contribution in [0.3, 0.4) is 0 Å². The second-order valence-electron chi connectivity index (χ2n) is 8.92. The molecule has 4 rings (SSSR count). The van der Waals surface area contributed by atoms with E-state index in [9.17, 15) is 13.2 Å². The molecule has 0 aliphatic carbocycles. The number of alkyl halides is 3. The van der Waals surface area contributed by atoms with Gasteiger partial charge in [-0.1, -0.05) is 12.1 Å². The highest BCUT2D eigenvalue weighted by molar-refractivity contribution is 5.92. The zero-order chi connectivity index (χ0) is 23.9. The highest BCUT2D eigenvalue weighted by atomic mass is 19.4. The average molecular weight is 459 g/mol. The van der Waals surface area contributed by atoms with Crippen LogP contribution in [0.15, 0.2) is 30.3 Å². The van der Waals surface area contributed by atoms with E-state index in [2.05, 4.69) is 39.2 Å². The summed E-state index contributed by atoms with van der Waals surface area (Å²) in [6.45, 7) is 7.36. The van der Waals surface area contributed by atoms with Crippen LogP contribution in [-0.2, 0) is 6.18 Å². The van der Waals surface area contributed by atoms with Gasteiger partial charge in [0.1, 0.15) is 17.5 Å². The maximum atomic E-state index is 13.2. The zero-order valence-corrected chi connectivity index (χ0v) is 19.5. The number of anilines is 2. The quantitative estimate of drug-likeness (QED) is 0.582. The zero-order valence-electron chi connectivity index (χ0n) is 19.5. The van der Waals surface area contributed by atoms with Crippen molar-refractivity contribution >= 4 is 22.5 Å². The van der Waals surface area contributed by atoms with Gasteiger partial charge in [0.25, 0.3) is 0 Å². The van der Waals surface area contributed by atoms with Gasteiger partial charge in [-0.15, -0.1) is 0 Å².